The number of rotatable bonds is 4. The Bertz CT molecular complexity index is 607. The van der Waals surface area contributed by atoms with Gasteiger partial charge in [-0.25, -0.2) is 9.50 Å². The van der Waals surface area contributed by atoms with Crippen LogP contribution in [0, 0.1) is 13.8 Å². The van der Waals surface area contributed by atoms with Crippen molar-refractivity contribution < 1.29 is 9.90 Å². The molecule has 2 aromatic rings. The molecule has 0 spiro atoms. The minimum Gasteiger partial charge on any atom is -0.394 e. The number of nitrogens with two attached hydrogens (primary N) is 1. The van der Waals surface area contributed by atoms with Crippen LogP contribution in [0.4, 0.5) is 0 Å². The Morgan fingerprint density at radius 1 is 1.58 bits per heavy atom. The summed E-state index contributed by atoms with van der Waals surface area (Å²) < 4.78 is 1.72. The van der Waals surface area contributed by atoms with E-state index in [2.05, 4.69) is 15.4 Å². The minimum atomic E-state index is -0.904. The molecule has 1 atom stereocenters. The van der Waals surface area contributed by atoms with E-state index in [1.54, 1.807) is 10.7 Å². The monoisotopic (exact) mass is 263 g/mol. The Balaban J connectivity index is 2.20. The summed E-state index contributed by atoms with van der Waals surface area (Å²) in [6.45, 7) is 3.76. The summed E-state index contributed by atoms with van der Waals surface area (Å²) in [6, 6.07) is 1.03. The highest BCUT2D eigenvalue weighted by atomic mass is 16.3. The van der Waals surface area contributed by atoms with Gasteiger partial charge in [-0.2, -0.15) is 5.10 Å². The van der Waals surface area contributed by atoms with E-state index in [0.29, 0.717) is 0 Å². The van der Waals surface area contributed by atoms with Gasteiger partial charge in [-0.05, 0) is 19.9 Å². The lowest BCUT2D eigenvalue weighted by Crippen LogP contribution is -2.42. The van der Waals surface area contributed by atoms with Crippen molar-refractivity contribution in [2.75, 3.05) is 6.61 Å². The smallest absolute Gasteiger partial charge is 0.239 e. The molecule has 0 aliphatic carbocycles. The number of carbonyl (C=O) groups excluding carboxylic acids is 1. The first-order chi connectivity index (χ1) is 9.02. The lowest BCUT2D eigenvalue weighted by Gasteiger charge is -2.08. The normalized spacial score (nSPS) is 12.6. The third kappa shape index (κ3) is 2.72. The summed E-state index contributed by atoms with van der Waals surface area (Å²) in [5, 5.41) is 15.7. The van der Waals surface area contributed by atoms with E-state index in [-0.39, 0.29) is 13.2 Å². The van der Waals surface area contributed by atoms with Crippen LogP contribution in [0.2, 0.25) is 0 Å². The molecule has 0 aliphatic rings. The molecule has 1 unspecified atom stereocenters. The van der Waals surface area contributed by atoms with Gasteiger partial charge in [-0.15, -0.1) is 0 Å². The zero-order valence-electron chi connectivity index (χ0n) is 10.9. The summed E-state index contributed by atoms with van der Waals surface area (Å²) in [7, 11) is 0. The maximum atomic E-state index is 11.5. The topological polar surface area (TPSA) is 106 Å². The van der Waals surface area contributed by atoms with Crippen LogP contribution < -0.4 is 11.1 Å². The average Bonchev–Trinajstić information content (AvgIpc) is 2.78. The van der Waals surface area contributed by atoms with Gasteiger partial charge in [0.2, 0.25) is 5.91 Å². The Morgan fingerprint density at radius 2 is 2.32 bits per heavy atom. The third-order valence-corrected chi connectivity index (χ3v) is 2.84. The molecule has 19 heavy (non-hydrogen) atoms. The maximum absolute atomic E-state index is 11.5. The van der Waals surface area contributed by atoms with Gasteiger partial charge in [-0.3, -0.25) is 4.79 Å². The molecular formula is C12H17N5O2. The van der Waals surface area contributed by atoms with Crippen LogP contribution in [0.5, 0.6) is 0 Å². The van der Waals surface area contributed by atoms with Crippen LogP contribution >= 0.6 is 0 Å². The molecule has 102 valence electrons. The van der Waals surface area contributed by atoms with E-state index in [1.165, 1.54) is 0 Å². The highest BCUT2D eigenvalue weighted by Gasteiger charge is 2.13. The van der Waals surface area contributed by atoms with Gasteiger partial charge in [0.1, 0.15) is 6.04 Å². The molecule has 1 amide bonds. The number of carbonyl (C=O) groups is 1. The van der Waals surface area contributed by atoms with E-state index in [1.807, 2.05) is 19.9 Å². The number of fused-ring (bicyclic) bond motifs is 1. The fraction of sp³-hybridized carbons (Fsp3) is 0.417. The molecule has 2 rings (SSSR count). The van der Waals surface area contributed by atoms with Crippen molar-refractivity contribution in [1.82, 2.24) is 19.9 Å². The number of hydrogen-bond donors (Lipinski definition) is 3. The van der Waals surface area contributed by atoms with E-state index in [4.69, 9.17) is 10.8 Å². The summed E-state index contributed by atoms with van der Waals surface area (Å²) in [4.78, 5) is 15.9. The van der Waals surface area contributed by atoms with E-state index < -0.39 is 11.9 Å². The molecule has 0 saturated heterocycles. The van der Waals surface area contributed by atoms with Crippen LogP contribution in [0.3, 0.4) is 0 Å². The number of nitrogens with one attached hydrogen (secondary N) is 1. The molecular weight excluding hydrogens is 246 g/mol. The second-order valence-corrected chi connectivity index (χ2v) is 4.45. The van der Waals surface area contributed by atoms with Crippen molar-refractivity contribution >= 4 is 11.6 Å². The Morgan fingerprint density at radius 3 is 3.00 bits per heavy atom. The first-order valence-corrected chi connectivity index (χ1v) is 5.98. The van der Waals surface area contributed by atoms with Crippen molar-refractivity contribution in [2.45, 2.75) is 26.4 Å². The van der Waals surface area contributed by atoms with Crippen molar-refractivity contribution in [1.29, 1.82) is 0 Å². The van der Waals surface area contributed by atoms with Crippen molar-refractivity contribution in [3.8, 4) is 0 Å². The van der Waals surface area contributed by atoms with Gasteiger partial charge < -0.3 is 16.2 Å². The lowest BCUT2D eigenvalue weighted by atomic mass is 10.2. The predicted octanol–water partition coefficient (Wildman–Crippen LogP) is -0.718. The van der Waals surface area contributed by atoms with Crippen molar-refractivity contribution in [3.63, 3.8) is 0 Å². The summed E-state index contributed by atoms with van der Waals surface area (Å²) in [5.74, 6) is -0.397. The van der Waals surface area contributed by atoms with Gasteiger partial charge in [0.15, 0.2) is 5.65 Å². The summed E-state index contributed by atoms with van der Waals surface area (Å²) >= 11 is 0. The largest absolute Gasteiger partial charge is 0.394 e. The second-order valence-electron chi connectivity index (χ2n) is 4.45. The Hall–Kier alpha value is -1.99. The number of aromatic nitrogens is 3. The van der Waals surface area contributed by atoms with Crippen LogP contribution in [0.15, 0.2) is 12.3 Å². The van der Waals surface area contributed by atoms with E-state index in [9.17, 15) is 4.79 Å². The summed E-state index contributed by atoms with van der Waals surface area (Å²) in [5.41, 5.74) is 8.82. The Kier molecular flexibility index (Phi) is 3.77. The molecule has 0 fully saturated rings. The third-order valence-electron chi connectivity index (χ3n) is 2.84. The van der Waals surface area contributed by atoms with Gasteiger partial charge in [0.05, 0.1) is 12.8 Å². The first-order valence-electron chi connectivity index (χ1n) is 5.98. The lowest BCUT2D eigenvalue weighted by molar-refractivity contribution is -0.123. The number of nitrogens with zero attached hydrogens (tertiary/aromatic N) is 3. The molecule has 7 heteroatoms. The number of aryl methyl sites for hydroxylation is 2. The van der Waals surface area contributed by atoms with Crippen LogP contribution in [0.1, 0.15) is 17.0 Å². The van der Waals surface area contributed by atoms with Crippen molar-refractivity contribution in [3.05, 3.63) is 29.2 Å². The maximum Gasteiger partial charge on any atom is 0.239 e. The molecule has 2 heterocycles. The second kappa shape index (κ2) is 5.33. The molecule has 0 bridgehead atoms. The number of aliphatic hydroxyl groups is 1. The molecule has 0 aliphatic heterocycles. The average molecular weight is 263 g/mol. The molecule has 0 saturated carbocycles. The molecule has 7 nitrogen and oxygen atoms in total. The highest BCUT2D eigenvalue weighted by molar-refractivity contribution is 5.81. The van der Waals surface area contributed by atoms with Gasteiger partial charge in [-0.1, -0.05) is 0 Å². The number of hydrogen-bond acceptors (Lipinski definition) is 5. The molecule has 0 radical (unpaired) electrons. The highest BCUT2D eigenvalue weighted by Crippen LogP contribution is 2.11. The molecule has 0 aromatic carbocycles. The van der Waals surface area contributed by atoms with E-state index >= 15 is 0 Å². The van der Waals surface area contributed by atoms with Crippen LogP contribution in [-0.4, -0.2) is 38.3 Å². The van der Waals surface area contributed by atoms with Gasteiger partial charge >= 0.3 is 0 Å². The fourth-order valence-corrected chi connectivity index (χ4v) is 1.84. The number of amides is 1. The predicted molar refractivity (Wildman–Crippen MR) is 69.4 cm³/mol. The van der Waals surface area contributed by atoms with E-state index in [0.717, 1.165) is 22.6 Å². The van der Waals surface area contributed by atoms with Crippen LogP contribution in [0.25, 0.3) is 5.65 Å². The van der Waals surface area contributed by atoms with Crippen LogP contribution in [-0.2, 0) is 11.3 Å². The quantitative estimate of drug-likeness (QED) is 0.675. The molecule has 2 aromatic heterocycles. The van der Waals surface area contributed by atoms with Crippen molar-refractivity contribution in [2.24, 2.45) is 5.73 Å². The number of aliphatic hydroxyl groups excluding tert-OH is 1. The molecule has 4 N–H and O–H groups in total. The SMILES string of the molecule is Cc1cc(C)n2ncc(CNC(=O)C(N)CO)c2n1. The van der Waals surface area contributed by atoms with Gasteiger partial charge in [0, 0.05) is 23.5 Å². The fourth-order valence-electron chi connectivity index (χ4n) is 1.84. The zero-order chi connectivity index (χ0) is 14.0. The Labute approximate surface area is 110 Å². The minimum absolute atomic E-state index is 0.284. The first kappa shape index (κ1) is 13.4. The van der Waals surface area contributed by atoms with Gasteiger partial charge in [0.25, 0.3) is 0 Å². The summed E-state index contributed by atoms with van der Waals surface area (Å²) in [6.07, 6.45) is 1.67. The zero-order valence-corrected chi connectivity index (χ0v) is 10.9. The standard InChI is InChI=1S/C12H17N5O2/c1-7-3-8(2)17-11(16-7)9(5-15-17)4-14-12(19)10(13)6-18/h3,5,10,18H,4,6,13H2,1-2H3,(H,14,19).